The number of carbonyl (C=O) groups excluding carboxylic acids is 3. The zero-order valence-corrected chi connectivity index (χ0v) is 42.4. The molecule has 16 nitrogen and oxygen atoms in total. The van der Waals surface area contributed by atoms with Gasteiger partial charge in [-0.25, -0.2) is 14.4 Å². The maximum atomic E-state index is 15.5. The molecule has 0 radical (unpaired) electrons. The van der Waals surface area contributed by atoms with E-state index in [1.54, 1.807) is 26.8 Å². The lowest BCUT2D eigenvalue weighted by Gasteiger charge is -2.47. The van der Waals surface area contributed by atoms with E-state index >= 15 is 4.39 Å². The van der Waals surface area contributed by atoms with Gasteiger partial charge in [0.1, 0.15) is 36.1 Å². The Kier molecular flexibility index (Phi) is 17.7. The van der Waals surface area contributed by atoms with Crippen molar-refractivity contribution >= 4 is 34.6 Å². The summed E-state index contributed by atoms with van der Waals surface area (Å²) in [6, 6.07) is 5.24. The number of aromatic nitrogens is 2. The summed E-state index contributed by atoms with van der Waals surface area (Å²) in [5, 5.41) is 0.598. The van der Waals surface area contributed by atoms with Crippen LogP contribution in [0, 0.1) is 5.82 Å². The van der Waals surface area contributed by atoms with Crippen molar-refractivity contribution in [1.29, 1.82) is 0 Å². The maximum absolute atomic E-state index is 15.5. The van der Waals surface area contributed by atoms with Crippen LogP contribution in [-0.4, -0.2) is 83.0 Å². The average molecular weight is 976 g/mol. The normalized spacial score (nSPS) is 23.0. The monoisotopic (exact) mass is 975 g/mol. The fourth-order valence-electron chi connectivity index (χ4n) is 9.64. The third-order valence-electron chi connectivity index (χ3n) is 13.2. The van der Waals surface area contributed by atoms with Gasteiger partial charge in [-0.2, -0.15) is 4.39 Å². The van der Waals surface area contributed by atoms with Gasteiger partial charge in [0, 0.05) is 48.6 Å². The molecule has 6 rings (SSSR count). The van der Waals surface area contributed by atoms with Crippen LogP contribution in [0.15, 0.2) is 78.1 Å². The molecule has 1 aromatic carbocycles. The summed E-state index contributed by atoms with van der Waals surface area (Å²) in [6.07, 6.45) is 7.33. The zero-order valence-electron chi connectivity index (χ0n) is 42.4. The van der Waals surface area contributed by atoms with Crippen LogP contribution in [0.5, 0.6) is 0 Å². The number of hydrogen-bond donors (Lipinski definition) is 0. The summed E-state index contributed by atoms with van der Waals surface area (Å²) in [7, 11) is 0. The summed E-state index contributed by atoms with van der Waals surface area (Å²) in [5.41, 5.74) is 2.44. The molecule has 0 bridgehead atoms. The van der Waals surface area contributed by atoms with E-state index in [2.05, 4.69) is 58.6 Å². The van der Waals surface area contributed by atoms with Gasteiger partial charge in [-0.15, -0.1) is 0 Å². The number of nitrogens with zero attached hydrogens (tertiary/aromatic N) is 3. The third-order valence-corrected chi connectivity index (χ3v) is 13.2. The Hall–Kier alpha value is -5.65. The molecule has 0 spiro atoms. The Morgan fingerprint density at radius 1 is 0.843 bits per heavy atom. The van der Waals surface area contributed by atoms with Crippen LogP contribution in [0.4, 0.5) is 10.1 Å². The number of anilines is 1. The van der Waals surface area contributed by atoms with E-state index < -0.39 is 70.9 Å². The van der Waals surface area contributed by atoms with Crippen molar-refractivity contribution in [1.82, 2.24) is 9.13 Å². The van der Waals surface area contributed by atoms with E-state index in [-0.39, 0.29) is 62.6 Å². The maximum Gasteiger partial charge on any atom is 0.351 e. The lowest BCUT2D eigenvalue weighted by atomic mass is 9.79. The fourth-order valence-corrected chi connectivity index (χ4v) is 9.64. The number of carbonyl (C=O) groups is 3. The van der Waals surface area contributed by atoms with Crippen molar-refractivity contribution in [3.8, 4) is 0 Å². The van der Waals surface area contributed by atoms with Gasteiger partial charge in [0.2, 0.25) is 5.82 Å². The summed E-state index contributed by atoms with van der Waals surface area (Å²) in [6.45, 7) is 19.8. The van der Waals surface area contributed by atoms with E-state index in [9.17, 15) is 28.8 Å². The number of benzene rings is 1. The molecule has 0 aliphatic carbocycles. The van der Waals surface area contributed by atoms with E-state index in [1.165, 1.54) is 17.2 Å². The first kappa shape index (κ1) is 53.7. The van der Waals surface area contributed by atoms with Gasteiger partial charge in [0.15, 0.2) is 12.0 Å². The highest BCUT2D eigenvalue weighted by atomic mass is 19.1. The van der Waals surface area contributed by atoms with Gasteiger partial charge >= 0.3 is 29.2 Å². The van der Waals surface area contributed by atoms with Crippen LogP contribution in [0.25, 0.3) is 11.0 Å². The Labute approximate surface area is 408 Å². The van der Waals surface area contributed by atoms with Gasteiger partial charge in [-0.3, -0.25) is 23.5 Å². The highest BCUT2D eigenvalue weighted by molar-refractivity contribution is 5.94. The number of ether oxygens (including phenoxy) is 6. The van der Waals surface area contributed by atoms with Crippen molar-refractivity contribution in [2.45, 2.75) is 175 Å². The predicted octanol–water partition coefficient (Wildman–Crippen LogP) is 8.71. The van der Waals surface area contributed by atoms with Crippen LogP contribution >= 0.6 is 0 Å². The Balaban J connectivity index is 1.16. The van der Waals surface area contributed by atoms with Gasteiger partial charge in [-0.05, 0) is 124 Å². The molecular formula is C53H70FN3O13. The van der Waals surface area contributed by atoms with Crippen LogP contribution in [0.3, 0.4) is 0 Å². The fraction of sp³-hybridized carbons (Fsp3) is 0.585. The predicted molar refractivity (Wildman–Crippen MR) is 261 cm³/mol. The minimum Gasteiger partial charge on any atom is -0.466 e. The molecule has 17 heteroatoms. The molecule has 2 fully saturated rings. The molecule has 3 aromatic rings. The first-order valence-corrected chi connectivity index (χ1v) is 24.5. The van der Waals surface area contributed by atoms with Gasteiger partial charge in [-0.1, -0.05) is 41.9 Å². The Morgan fingerprint density at radius 3 is 2.21 bits per heavy atom. The molecule has 70 heavy (non-hydrogen) atoms. The van der Waals surface area contributed by atoms with Crippen LogP contribution < -0.4 is 21.8 Å². The molecule has 3 aliphatic rings. The largest absolute Gasteiger partial charge is 0.466 e. The molecule has 3 aliphatic heterocycles. The number of hydrogen-bond acceptors (Lipinski definition) is 14. The van der Waals surface area contributed by atoms with E-state index in [0.717, 1.165) is 57.8 Å². The summed E-state index contributed by atoms with van der Waals surface area (Å²) < 4.78 is 58.0. The Bertz CT molecular complexity index is 2690. The number of rotatable bonds is 21. The SMILES string of the molecule is CCOC(=O)CCC1(C)OC2C(O1)[C@@H](COC(=O)CCCN1c3cc4oc(=O)c(C(=O)OCC)cc4cc3C(C)CC1(C)C)O[C@H]2n1cc(F)c(=O)n(CC=C(C)CCC=C(C)CCC=C(C)C)c1=O. The topological polar surface area (TPSA) is 184 Å². The van der Waals surface area contributed by atoms with Crippen LogP contribution in [0.2, 0.25) is 0 Å². The molecule has 0 N–H and O–H groups in total. The first-order chi connectivity index (χ1) is 33.1. The van der Waals surface area contributed by atoms with E-state index in [4.69, 9.17) is 32.8 Å². The second-order valence-electron chi connectivity index (χ2n) is 19.7. The van der Waals surface area contributed by atoms with Gasteiger partial charge in [0.05, 0.1) is 25.8 Å². The molecule has 382 valence electrons. The van der Waals surface area contributed by atoms with E-state index in [1.807, 2.05) is 19.1 Å². The lowest BCUT2D eigenvalue weighted by Crippen LogP contribution is -2.48. The minimum absolute atomic E-state index is 0.0244. The first-order valence-electron chi connectivity index (χ1n) is 24.5. The third kappa shape index (κ3) is 12.8. The second-order valence-corrected chi connectivity index (χ2v) is 19.7. The summed E-state index contributed by atoms with van der Waals surface area (Å²) >= 11 is 0. The number of esters is 3. The van der Waals surface area contributed by atoms with Crippen molar-refractivity contribution in [2.75, 3.05) is 31.3 Å². The number of fused-ring (bicyclic) bond motifs is 3. The zero-order chi connectivity index (χ0) is 51.1. The van der Waals surface area contributed by atoms with Crippen molar-refractivity contribution in [3.63, 3.8) is 0 Å². The molecule has 2 saturated heterocycles. The summed E-state index contributed by atoms with van der Waals surface area (Å²) in [5.74, 6) is -4.12. The molecule has 2 aromatic heterocycles. The molecule has 0 saturated carbocycles. The summed E-state index contributed by atoms with van der Waals surface area (Å²) in [4.78, 5) is 80.5. The van der Waals surface area contributed by atoms with Gasteiger partial charge < -0.3 is 37.7 Å². The molecule has 5 heterocycles. The molecule has 0 amide bonds. The molecule has 4 unspecified atom stereocenters. The van der Waals surface area contributed by atoms with E-state index in [0.29, 0.717) is 30.4 Å². The van der Waals surface area contributed by atoms with Crippen molar-refractivity contribution in [3.05, 3.63) is 108 Å². The highest BCUT2D eigenvalue weighted by Crippen LogP contribution is 2.46. The average Bonchev–Trinajstić information content (AvgIpc) is 3.80. The Morgan fingerprint density at radius 2 is 1.51 bits per heavy atom. The van der Waals surface area contributed by atoms with Crippen LogP contribution in [-0.2, 0) is 44.6 Å². The molecular weight excluding hydrogens is 906 g/mol. The number of halogens is 1. The van der Waals surface area contributed by atoms with Crippen molar-refractivity contribution in [2.24, 2.45) is 0 Å². The standard InChI is InChI=1S/C53H70FN3O13/c1-11-64-44(59)21-23-53(10)69-45-42(67-48(46(45)70-53)56-30-39(54)47(60)55(51(56)63)25-22-34(6)19-14-18-33(5)17-13-16-32(3)4)31-66-43(58)20-15-24-57-40-28-41-36(26-37(40)35(7)29-52(57,8)9)27-38(50(62)68-41)49(61)65-12-2/h16,18,22,26-28,30,35,42,45-46,48H,11-15,17,19-21,23-25,29,31H2,1-10H3/t35?,42-,45?,46?,48-,53?/m1/s1. The van der Waals surface area contributed by atoms with Crippen LogP contribution in [0.1, 0.15) is 155 Å². The smallest absolute Gasteiger partial charge is 0.351 e. The highest BCUT2D eigenvalue weighted by Gasteiger charge is 2.58. The minimum atomic E-state index is -1.35. The van der Waals surface area contributed by atoms with Crippen molar-refractivity contribution < 1.29 is 51.6 Å². The van der Waals surface area contributed by atoms with Gasteiger partial charge in [0.25, 0.3) is 5.56 Å². The second kappa shape index (κ2) is 23.1. The lowest BCUT2D eigenvalue weighted by molar-refractivity contribution is -0.216. The molecule has 6 atom stereocenters. The quantitative estimate of drug-likeness (QED) is 0.0427. The number of allylic oxidation sites excluding steroid dienone is 6.